The topological polar surface area (TPSA) is 79.5 Å². The maximum absolute atomic E-state index is 12.6. The number of rotatable bonds is 5. The Hall–Kier alpha value is -1.18. The molecule has 0 saturated carbocycles. The Balaban J connectivity index is 2.19. The minimum atomic E-state index is -3.58. The van der Waals surface area contributed by atoms with Crippen molar-refractivity contribution in [2.45, 2.75) is 31.3 Å². The van der Waals surface area contributed by atoms with Crippen molar-refractivity contribution in [3.8, 4) is 0 Å². The van der Waals surface area contributed by atoms with E-state index in [1.54, 1.807) is 12.1 Å². The predicted octanol–water partition coefficient (Wildman–Crippen LogP) is 0.769. The molecule has 1 fully saturated rings. The van der Waals surface area contributed by atoms with Gasteiger partial charge in [-0.1, -0.05) is 13.8 Å². The van der Waals surface area contributed by atoms with Gasteiger partial charge in [-0.3, -0.25) is 4.90 Å². The minimum Gasteiger partial charge on any atom is -0.396 e. The number of likely N-dealkylation sites (N-methyl/N-ethyl adjacent to an activating group) is 1. The lowest BCUT2D eigenvalue weighted by Gasteiger charge is -2.26. The van der Waals surface area contributed by atoms with Gasteiger partial charge in [-0.2, -0.15) is 4.31 Å². The Morgan fingerprint density at radius 1 is 1.45 bits per heavy atom. The first-order valence-electron chi connectivity index (χ1n) is 6.95. The summed E-state index contributed by atoms with van der Waals surface area (Å²) in [6.07, 6.45) is 2.31. The third-order valence-corrected chi connectivity index (χ3v) is 5.68. The first-order chi connectivity index (χ1) is 9.50. The standard InChI is InChI=1S/C13H22N4O2S/c1-3-16(4-2)11-7-9-17(10-11)20(18,19)13-12(14)6-5-8-15-13/h5-6,8,11H,3-4,7,9-10,14H2,1-2H3. The van der Waals surface area contributed by atoms with E-state index in [2.05, 4.69) is 23.7 Å². The summed E-state index contributed by atoms with van der Waals surface area (Å²) in [5.41, 5.74) is 5.95. The quantitative estimate of drug-likeness (QED) is 0.868. The molecule has 2 rings (SSSR count). The molecule has 0 amide bonds. The molecule has 1 atom stereocenters. The van der Waals surface area contributed by atoms with Crippen LogP contribution >= 0.6 is 0 Å². The molecular formula is C13H22N4O2S. The van der Waals surface area contributed by atoms with Gasteiger partial charge in [0.15, 0.2) is 5.03 Å². The normalized spacial score (nSPS) is 20.6. The Kier molecular flexibility index (Phi) is 4.62. The zero-order chi connectivity index (χ0) is 14.8. The van der Waals surface area contributed by atoms with Crippen molar-refractivity contribution in [1.82, 2.24) is 14.2 Å². The van der Waals surface area contributed by atoms with Gasteiger partial charge in [-0.25, -0.2) is 13.4 Å². The summed E-state index contributed by atoms with van der Waals surface area (Å²) in [6.45, 7) is 7.09. The number of hydrogen-bond donors (Lipinski definition) is 1. The van der Waals surface area contributed by atoms with Crippen LogP contribution in [0.25, 0.3) is 0 Å². The Labute approximate surface area is 120 Å². The molecule has 1 aromatic rings. The zero-order valence-corrected chi connectivity index (χ0v) is 12.8. The van der Waals surface area contributed by atoms with Crippen LogP contribution in [0.2, 0.25) is 0 Å². The minimum absolute atomic E-state index is 0.0276. The third kappa shape index (κ3) is 2.79. The summed E-state index contributed by atoms with van der Waals surface area (Å²) in [5.74, 6) is 0. The van der Waals surface area contributed by atoms with E-state index < -0.39 is 10.0 Å². The van der Waals surface area contributed by atoms with E-state index in [4.69, 9.17) is 5.73 Å². The van der Waals surface area contributed by atoms with Crippen molar-refractivity contribution >= 4 is 15.7 Å². The van der Waals surface area contributed by atoms with E-state index in [1.165, 1.54) is 10.5 Å². The molecule has 0 aliphatic carbocycles. The van der Waals surface area contributed by atoms with Crippen LogP contribution in [0, 0.1) is 0 Å². The van der Waals surface area contributed by atoms with Crippen LogP contribution in [-0.4, -0.2) is 54.8 Å². The van der Waals surface area contributed by atoms with Crippen LogP contribution in [0.3, 0.4) is 0 Å². The zero-order valence-electron chi connectivity index (χ0n) is 12.0. The van der Waals surface area contributed by atoms with Crippen LogP contribution in [0.1, 0.15) is 20.3 Å². The fourth-order valence-electron chi connectivity index (χ4n) is 2.71. The van der Waals surface area contributed by atoms with E-state index in [-0.39, 0.29) is 16.8 Å². The molecule has 0 spiro atoms. The van der Waals surface area contributed by atoms with E-state index >= 15 is 0 Å². The van der Waals surface area contributed by atoms with Crippen LogP contribution in [0.15, 0.2) is 23.4 Å². The predicted molar refractivity (Wildman–Crippen MR) is 78.7 cm³/mol. The van der Waals surface area contributed by atoms with Gasteiger partial charge >= 0.3 is 0 Å². The number of anilines is 1. The van der Waals surface area contributed by atoms with Crippen LogP contribution < -0.4 is 5.73 Å². The van der Waals surface area contributed by atoms with Crippen molar-refractivity contribution in [2.24, 2.45) is 0 Å². The van der Waals surface area contributed by atoms with Crippen LogP contribution in [0.5, 0.6) is 0 Å². The van der Waals surface area contributed by atoms with Gasteiger partial charge in [-0.05, 0) is 31.6 Å². The fourth-order valence-corrected chi connectivity index (χ4v) is 4.23. The number of sulfonamides is 1. The lowest BCUT2D eigenvalue weighted by Crippen LogP contribution is -2.38. The lowest BCUT2D eigenvalue weighted by molar-refractivity contribution is 0.224. The summed E-state index contributed by atoms with van der Waals surface area (Å²) >= 11 is 0. The summed E-state index contributed by atoms with van der Waals surface area (Å²) in [6, 6.07) is 3.49. The lowest BCUT2D eigenvalue weighted by atomic mass is 10.2. The molecule has 7 heteroatoms. The highest BCUT2D eigenvalue weighted by atomic mass is 32.2. The molecule has 1 aliphatic rings. The van der Waals surface area contributed by atoms with E-state index in [0.29, 0.717) is 13.1 Å². The van der Waals surface area contributed by atoms with Gasteiger partial charge in [0.1, 0.15) is 0 Å². The summed E-state index contributed by atoms with van der Waals surface area (Å²) in [5, 5.41) is -0.0276. The highest BCUT2D eigenvalue weighted by molar-refractivity contribution is 7.89. The SMILES string of the molecule is CCN(CC)C1CCN(S(=O)(=O)c2ncccc2N)C1. The van der Waals surface area contributed by atoms with Crippen molar-refractivity contribution in [3.05, 3.63) is 18.3 Å². The Morgan fingerprint density at radius 3 is 2.75 bits per heavy atom. The molecule has 2 N–H and O–H groups in total. The largest absolute Gasteiger partial charge is 0.396 e. The Bertz CT molecular complexity index is 557. The second-order valence-corrected chi connectivity index (χ2v) is 6.78. The monoisotopic (exact) mass is 298 g/mol. The molecule has 112 valence electrons. The highest BCUT2D eigenvalue weighted by Crippen LogP contribution is 2.25. The number of pyridine rings is 1. The van der Waals surface area contributed by atoms with E-state index in [0.717, 1.165) is 19.5 Å². The van der Waals surface area contributed by atoms with Crippen molar-refractivity contribution in [2.75, 3.05) is 31.9 Å². The van der Waals surface area contributed by atoms with Gasteiger partial charge in [0.05, 0.1) is 5.69 Å². The molecule has 0 bridgehead atoms. The number of hydrogen-bond acceptors (Lipinski definition) is 5. The molecule has 6 nitrogen and oxygen atoms in total. The summed E-state index contributed by atoms with van der Waals surface area (Å²) < 4.78 is 26.6. The highest BCUT2D eigenvalue weighted by Gasteiger charge is 2.35. The molecule has 2 heterocycles. The molecule has 1 saturated heterocycles. The molecule has 1 aromatic heterocycles. The Morgan fingerprint density at radius 2 is 2.15 bits per heavy atom. The van der Waals surface area contributed by atoms with Crippen LogP contribution in [0.4, 0.5) is 5.69 Å². The van der Waals surface area contributed by atoms with E-state index in [9.17, 15) is 8.42 Å². The summed E-state index contributed by atoms with van der Waals surface area (Å²) in [4.78, 5) is 6.23. The molecule has 0 radical (unpaired) electrons. The van der Waals surface area contributed by atoms with Crippen molar-refractivity contribution in [3.63, 3.8) is 0 Å². The third-order valence-electron chi connectivity index (χ3n) is 3.84. The second kappa shape index (κ2) is 6.07. The van der Waals surface area contributed by atoms with Crippen LogP contribution in [-0.2, 0) is 10.0 Å². The molecule has 20 heavy (non-hydrogen) atoms. The number of nitrogens with zero attached hydrogens (tertiary/aromatic N) is 3. The maximum Gasteiger partial charge on any atom is 0.262 e. The summed E-state index contributed by atoms with van der Waals surface area (Å²) in [7, 11) is -3.58. The van der Waals surface area contributed by atoms with Crippen molar-refractivity contribution in [1.29, 1.82) is 0 Å². The van der Waals surface area contributed by atoms with Gasteiger partial charge in [-0.15, -0.1) is 0 Å². The smallest absolute Gasteiger partial charge is 0.262 e. The fraction of sp³-hybridized carbons (Fsp3) is 0.615. The van der Waals surface area contributed by atoms with Gasteiger partial charge < -0.3 is 5.73 Å². The van der Waals surface area contributed by atoms with Crippen molar-refractivity contribution < 1.29 is 8.42 Å². The van der Waals surface area contributed by atoms with Gasteiger partial charge in [0.25, 0.3) is 10.0 Å². The first-order valence-corrected chi connectivity index (χ1v) is 8.39. The average molecular weight is 298 g/mol. The molecule has 0 aromatic carbocycles. The van der Waals surface area contributed by atoms with Gasteiger partial charge in [0.2, 0.25) is 0 Å². The number of aromatic nitrogens is 1. The van der Waals surface area contributed by atoms with E-state index in [1.807, 2.05) is 0 Å². The average Bonchev–Trinajstić information content (AvgIpc) is 2.91. The molecular weight excluding hydrogens is 276 g/mol. The van der Waals surface area contributed by atoms with Gasteiger partial charge in [0, 0.05) is 25.3 Å². The molecule has 1 aliphatic heterocycles. The second-order valence-electron chi connectivity index (χ2n) is 4.92. The number of nitrogens with two attached hydrogens (primary N) is 1. The number of nitrogen functional groups attached to an aromatic ring is 1. The molecule has 1 unspecified atom stereocenters. The first kappa shape index (κ1) is 15.2. The maximum atomic E-state index is 12.6.